The number of nitrogens with one attached hydrogen (secondary N) is 2. The van der Waals surface area contributed by atoms with Gasteiger partial charge in [-0.2, -0.15) is 0 Å². The predicted octanol–water partition coefficient (Wildman–Crippen LogP) is 6.09. The molecule has 2 N–H and O–H groups in total. The number of benzene rings is 3. The Hall–Kier alpha value is -4.53. The molecule has 0 aliphatic heterocycles. The van der Waals surface area contributed by atoms with Crippen LogP contribution in [0, 0.1) is 11.7 Å². The number of para-hydroxylation sites is 1. The number of anilines is 1. The van der Waals surface area contributed by atoms with Crippen LogP contribution in [0.4, 0.5) is 14.9 Å². The summed E-state index contributed by atoms with van der Waals surface area (Å²) in [5.74, 6) is 0.667. The van der Waals surface area contributed by atoms with E-state index in [9.17, 15) is 14.0 Å². The van der Waals surface area contributed by atoms with E-state index in [0.717, 1.165) is 22.0 Å². The van der Waals surface area contributed by atoms with Crippen molar-refractivity contribution in [1.29, 1.82) is 0 Å². The minimum absolute atomic E-state index is 0.111. The highest BCUT2D eigenvalue weighted by Gasteiger charge is 2.23. The predicted molar refractivity (Wildman–Crippen MR) is 159 cm³/mol. The van der Waals surface area contributed by atoms with E-state index in [-0.39, 0.29) is 24.2 Å². The molecule has 0 saturated carbocycles. The smallest absolute Gasteiger partial charge is 0.322 e. The molecule has 1 aromatic heterocycles. The van der Waals surface area contributed by atoms with Crippen molar-refractivity contribution in [2.75, 3.05) is 39.2 Å². The van der Waals surface area contributed by atoms with Crippen LogP contribution in [0.15, 0.2) is 72.9 Å². The summed E-state index contributed by atoms with van der Waals surface area (Å²) >= 11 is 0. The lowest BCUT2D eigenvalue weighted by Crippen LogP contribution is -2.46. The Labute approximate surface area is 240 Å². The first-order chi connectivity index (χ1) is 19.7. The van der Waals surface area contributed by atoms with E-state index in [4.69, 9.17) is 9.47 Å². The van der Waals surface area contributed by atoms with Crippen LogP contribution >= 0.6 is 0 Å². The van der Waals surface area contributed by atoms with E-state index >= 15 is 0 Å². The number of nitrogens with zero attached hydrogens (tertiary/aromatic N) is 2. The summed E-state index contributed by atoms with van der Waals surface area (Å²) in [5, 5.41) is 3.99. The standard InChI is InChI=1S/C32H37FN4O4/c1-22(2)19-37(32(39)35-26-15-27(40-3)17-28(16-26)41-4)21-31(38)36(20-23-9-11-25(33)12-10-23)14-13-24-18-34-30-8-6-5-7-29(24)30/h5-12,15-18,22,34H,13-14,19-21H2,1-4H3,(H,35,39). The van der Waals surface area contributed by atoms with Gasteiger partial charge in [-0.1, -0.05) is 44.2 Å². The zero-order valence-corrected chi connectivity index (χ0v) is 23.9. The molecule has 41 heavy (non-hydrogen) atoms. The van der Waals surface area contributed by atoms with Gasteiger partial charge >= 0.3 is 6.03 Å². The molecule has 0 spiro atoms. The number of rotatable bonds is 12. The van der Waals surface area contributed by atoms with Gasteiger partial charge < -0.3 is 29.6 Å². The number of methoxy groups -OCH3 is 2. The van der Waals surface area contributed by atoms with Gasteiger partial charge in [-0.25, -0.2) is 9.18 Å². The van der Waals surface area contributed by atoms with Crippen LogP contribution in [0.5, 0.6) is 11.5 Å². The fraction of sp³-hybridized carbons (Fsp3) is 0.312. The van der Waals surface area contributed by atoms with Gasteiger partial charge in [0.25, 0.3) is 0 Å². The van der Waals surface area contributed by atoms with Crippen molar-refractivity contribution >= 4 is 28.5 Å². The van der Waals surface area contributed by atoms with Gasteiger partial charge in [-0.15, -0.1) is 0 Å². The van der Waals surface area contributed by atoms with Gasteiger partial charge in [-0.3, -0.25) is 4.79 Å². The Kier molecular flexibility index (Phi) is 9.84. The summed E-state index contributed by atoms with van der Waals surface area (Å²) in [5.41, 5.74) is 3.44. The number of fused-ring (bicyclic) bond motifs is 1. The number of amides is 3. The van der Waals surface area contributed by atoms with E-state index in [1.54, 1.807) is 35.2 Å². The molecule has 0 atom stereocenters. The molecular formula is C32H37FN4O4. The molecule has 4 rings (SSSR count). The molecule has 0 saturated heterocycles. The summed E-state index contributed by atoms with van der Waals surface area (Å²) < 4.78 is 24.2. The maximum Gasteiger partial charge on any atom is 0.322 e. The second kappa shape index (κ2) is 13.7. The number of urea groups is 1. The lowest BCUT2D eigenvalue weighted by Gasteiger charge is -2.29. The molecule has 3 aromatic carbocycles. The molecule has 9 heteroatoms. The highest BCUT2D eigenvalue weighted by atomic mass is 19.1. The molecular weight excluding hydrogens is 523 g/mol. The molecule has 216 valence electrons. The Bertz CT molecular complexity index is 1450. The first-order valence-corrected chi connectivity index (χ1v) is 13.6. The molecule has 0 aliphatic carbocycles. The summed E-state index contributed by atoms with van der Waals surface area (Å²) in [7, 11) is 3.08. The minimum atomic E-state index is -0.402. The molecule has 0 aliphatic rings. The number of carbonyl (C=O) groups excluding carboxylic acids is 2. The van der Waals surface area contributed by atoms with Gasteiger partial charge in [-0.05, 0) is 41.7 Å². The van der Waals surface area contributed by atoms with Crippen LogP contribution in [0.3, 0.4) is 0 Å². The van der Waals surface area contributed by atoms with Crippen molar-refractivity contribution in [3.8, 4) is 11.5 Å². The van der Waals surface area contributed by atoms with Crippen LogP contribution in [-0.2, 0) is 17.8 Å². The largest absolute Gasteiger partial charge is 0.497 e. The third-order valence-electron chi connectivity index (χ3n) is 6.77. The van der Waals surface area contributed by atoms with Gasteiger partial charge in [0.1, 0.15) is 23.9 Å². The number of hydrogen-bond donors (Lipinski definition) is 2. The average Bonchev–Trinajstić information content (AvgIpc) is 3.38. The lowest BCUT2D eigenvalue weighted by molar-refractivity contribution is -0.132. The molecule has 0 fully saturated rings. The van der Waals surface area contributed by atoms with Gasteiger partial charge in [0.15, 0.2) is 0 Å². The molecule has 1 heterocycles. The highest BCUT2D eigenvalue weighted by molar-refractivity contribution is 5.93. The SMILES string of the molecule is COc1cc(NC(=O)N(CC(=O)N(CCc2c[nH]c3ccccc23)Cc2ccc(F)cc2)CC(C)C)cc(OC)c1. The van der Waals surface area contributed by atoms with E-state index in [1.165, 1.54) is 31.3 Å². The monoisotopic (exact) mass is 560 g/mol. The van der Waals surface area contributed by atoms with Crippen LogP contribution in [0.25, 0.3) is 10.9 Å². The van der Waals surface area contributed by atoms with Gasteiger partial charge in [0.2, 0.25) is 5.91 Å². The normalized spacial score (nSPS) is 11.0. The molecule has 8 nitrogen and oxygen atoms in total. The fourth-order valence-corrected chi connectivity index (χ4v) is 4.70. The molecule has 3 amide bonds. The second-order valence-electron chi connectivity index (χ2n) is 10.4. The summed E-state index contributed by atoms with van der Waals surface area (Å²) in [6.07, 6.45) is 2.59. The highest BCUT2D eigenvalue weighted by Crippen LogP contribution is 2.26. The fourth-order valence-electron chi connectivity index (χ4n) is 4.70. The van der Waals surface area contributed by atoms with Crippen molar-refractivity contribution in [2.24, 2.45) is 5.92 Å². The van der Waals surface area contributed by atoms with Crippen LogP contribution in [0.2, 0.25) is 0 Å². The maximum atomic E-state index is 13.8. The van der Waals surface area contributed by atoms with E-state index in [1.807, 2.05) is 38.2 Å². The number of carbonyl (C=O) groups is 2. The number of aromatic amines is 1. The van der Waals surface area contributed by atoms with Crippen LogP contribution in [-0.4, -0.2) is 60.6 Å². The zero-order chi connectivity index (χ0) is 29.4. The Morgan fingerprint density at radius 2 is 1.63 bits per heavy atom. The number of aromatic nitrogens is 1. The van der Waals surface area contributed by atoms with E-state index in [0.29, 0.717) is 43.2 Å². The number of halogens is 1. The minimum Gasteiger partial charge on any atom is -0.497 e. The second-order valence-corrected chi connectivity index (χ2v) is 10.4. The molecule has 0 bridgehead atoms. The number of ether oxygens (including phenoxy) is 2. The van der Waals surface area contributed by atoms with Crippen molar-refractivity contribution in [3.05, 3.63) is 89.9 Å². The van der Waals surface area contributed by atoms with Crippen molar-refractivity contribution in [1.82, 2.24) is 14.8 Å². The number of hydrogen-bond acceptors (Lipinski definition) is 4. The first kappa shape index (κ1) is 29.5. The summed E-state index contributed by atoms with van der Waals surface area (Å²) in [6, 6.07) is 18.9. The third-order valence-corrected chi connectivity index (χ3v) is 6.77. The Balaban J connectivity index is 1.53. The summed E-state index contributed by atoms with van der Waals surface area (Å²) in [6.45, 7) is 4.99. The molecule has 4 aromatic rings. The van der Waals surface area contributed by atoms with Crippen molar-refractivity contribution in [2.45, 2.75) is 26.8 Å². The van der Waals surface area contributed by atoms with E-state index < -0.39 is 6.03 Å². The molecule has 0 radical (unpaired) electrons. The maximum absolute atomic E-state index is 13.8. The topological polar surface area (TPSA) is 86.9 Å². The van der Waals surface area contributed by atoms with Crippen molar-refractivity contribution in [3.63, 3.8) is 0 Å². The lowest BCUT2D eigenvalue weighted by atomic mass is 10.1. The number of H-pyrrole nitrogens is 1. The zero-order valence-electron chi connectivity index (χ0n) is 23.9. The average molecular weight is 561 g/mol. The van der Waals surface area contributed by atoms with Crippen LogP contribution < -0.4 is 14.8 Å². The Morgan fingerprint density at radius 3 is 2.29 bits per heavy atom. The summed E-state index contributed by atoms with van der Waals surface area (Å²) in [4.78, 5) is 33.7. The van der Waals surface area contributed by atoms with Crippen molar-refractivity contribution < 1.29 is 23.5 Å². The van der Waals surface area contributed by atoms with Gasteiger partial charge in [0.05, 0.1) is 14.2 Å². The quantitative estimate of drug-likeness (QED) is 0.220. The first-order valence-electron chi connectivity index (χ1n) is 13.6. The van der Waals surface area contributed by atoms with E-state index in [2.05, 4.69) is 16.4 Å². The molecule has 0 unspecified atom stereocenters. The van der Waals surface area contributed by atoms with Gasteiger partial charge in [0, 0.05) is 60.6 Å². The third kappa shape index (κ3) is 8.00. The van der Waals surface area contributed by atoms with Crippen LogP contribution in [0.1, 0.15) is 25.0 Å². The Morgan fingerprint density at radius 1 is 0.951 bits per heavy atom.